The number of nitrogens with two attached hydrogens (primary N) is 1. The summed E-state index contributed by atoms with van der Waals surface area (Å²) in [6, 6.07) is 5.20. The minimum Gasteiger partial charge on any atom is -0.367 e. The van der Waals surface area contributed by atoms with Crippen molar-refractivity contribution in [2.75, 3.05) is 25.0 Å². The number of aryl methyl sites for hydroxylation is 2. The lowest BCUT2D eigenvalue weighted by Gasteiger charge is -2.31. The molecule has 1 atom stereocenters. The van der Waals surface area contributed by atoms with Gasteiger partial charge in [-0.25, -0.2) is 4.79 Å². The Bertz CT molecular complexity index is 804. The number of morpholine rings is 1. The summed E-state index contributed by atoms with van der Waals surface area (Å²) in [5.74, 6) is -0.109. The van der Waals surface area contributed by atoms with E-state index < -0.39 is 12.0 Å². The van der Waals surface area contributed by atoms with Crippen molar-refractivity contribution in [3.8, 4) is 11.4 Å². The maximum atomic E-state index is 12.5. The highest BCUT2D eigenvalue weighted by molar-refractivity contribution is 5.91. The predicted molar refractivity (Wildman–Crippen MR) is 88.5 cm³/mol. The van der Waals surface area contributed by atoms with Gasteiger partial charge in [-0.15, -0.1) is 10.2 Å². The molecule has 10 nitrogen and oxygen atoms in total. The van der Waals surface area contributed by atoms with Crippen LogP contribution in [0.3, 0.4) is 0 Å². The van der Waals surface area contributed by atoms with Gasteiger partial charge in [0.05, 0.1) is 20.2 Å². The summed E-state index contributed by atoms with van der Waals surface area (Å²) in [7, 11) is 1.68. The van der Waals surface area contributed by atoms with Crippen molar-refractivity contribution in [1.29, 1.82) is 0 Å². The monoisotopic (exact) mass is 345 g/mol. The number of hydrogen-bond donors (Lipinski definition) is 2. The second-order valence-electron chi connectivity index (χ2n) is 5.77. The van der Waals surface area contributed by atoms with Crippen molar-refractivity contribution < 1.29 is 14.3 Å². The first-order chi connectivity index (χ1) is 11.9. The molecular formula is C15H19N7O3. The Balaban J connectivity index is 1.75. The number of benzene rings is 1. The van der Waals surface area contributed by atoms with Gasteiger partial charge in [0.2, 0.25) is 11.7 Å². The molecule has 1 aromatic carbocycles. The van der Waals surface area contributed by atoms with E-state index in [1.54, 1.807) is 13.1 Å². The predicted octanol–water partition coefficient (Wildman–Crippen LogP) is -0.0965. The lowest BCUT2D eigenvalue weighted by molar-refractivity contribution is -0.133. The zero-order chi connectivity index (χ0) is 18.0. The van der Waals surface area contributed by atoms with Crippen molar-refractivity contribution in [1.82, 2.24) is 25.1 Å². The molecule has 2 aromatic rings. The average Bonchev–Trinajstić information content (AvgIpc) is 3.03. The second-order valence-corrected chi connectivity index (χ2v) is 5.77. The quantitative estimate of drug-likeness (QED) is 0.799. The van der Waals surface area contributed by atoms with Gasteiger partial charge in [0.1, 0.15) is 0 Å². The topological polar surface area (TPSA) is 128 Å². The number of primary amides is 1. The van der Waals surface area contributed by atoms with Gasteiger partial charge < -0.3 is 20.7 Å². The number of anilines is 1. The molecule has 2 heterocycles. The molecule has 3 N–H and O–H groups in total. The van der Waals surface area contributed by atoms with Crippen molar-refractivity contribution in [2.45, 2.75) is 13.0 Å². The van der Waals surface area contributed by atoms with Gasteiger partial charge in [0, 0.05) is 17.8 Å². The summed E-state index contributed by atoms with van der Waals surface area (Å²) in [4.78, 5) is 26.6. The Morgan fingerprint density at radius 2 is 2.20 bits per heavy atom. The van der Waals surface area contributed by atoms with Crippen LogP contribution in [-0.2, 0) is 16.6 Å². The minimum atomic E-state index is -0.782. The van der Waals surface area contributed by atoms with Crippen LogP contribution in [-0.4, -0.2) is 62.8 Å². The van der Waals surface area contributed by atoms with Crippen LogP contribution in [0.5, 0.6) is 0 Å². The van der Waals surface area contributed by atoms with Gasteiger partial charge in [0.25, 0.3) is 0 Å². The number of nitrogens with zero attached hydrogens (tertiary/aromatic N) is 5. The zero-order valence-corrected chi connectivity index (χ0v) is 14.0. The van der Waals surface area contributed by atoms with Crippen molar-refractivity contribution in [3.05, 3.63) is 23.8 Å². The van der Waals surface area contributed by atoms with Crippen LogP contribution in [0.2, 0.25) is 0 Å². The molecule has 1 fully saturated rings. The van der Waals surface area contributed by atoms with E-state index in [0.717, 1.165) is 11.1 Å². The van der Waals surface area contributed by atoms with Crippen LogP contribution in [0.25, 0.3) is 11.4 Å². The number of aromatic nitrogens is 4. The number of carbonyl (C=O) groups is 2. The molecule has 0 saturated carbocycles. The molecule has 1 aliphatic rings. The van der Waals surface area contributed by atoms with E-state index >= 15 is 0 Å². The molecular weight excluding hydrogens is 326 g/mol. The third kappa shape index (κ3) is 3.74. The highest BCUT2D eigenvalue weighted by Gasteiger charge is 2.28. The van der Waals surface area contributed by atoms with E-state index in [-0.39, 0.29) is 19.2 Å². The zero-order valence-electron chi connectivity index (χ0n) is 14.0. The lowest BCUT2D eigenvalue weighted by Crippen LogP contribution is -2.51. The van der Waals surface area contributed by atoms with Gasteiger partial charge in [0.15, 0.2) is 6.10 Å². The van der Waals surface area contributed by atoms with Crippen LogP contribution >= 0.6 is 0 Å². The van der Waals surface area contributed by atoms with E-state index in [0.29, 0.717) is 18.1 Å². The molecule has 25 heavy (non-hydrogen) atoms. The van der Waals surface area contributed by atoms with Crippen LogP contribution in [0.1, 0.15) is 5.56 Å². The van der Waals surface area contributed by atoms with E-state index in [2.05, 4.69) is 20.7 Å². The van der Waals surface area contributed by atoms with Gasteiger partial charge in [-0.1, -0.05) is 12.1 Å². The molecule has 1 saturated heterocycles. The molecule has 0 aliphatic carbocycles. The van der Waals surface area contributed by atoms with Crippen molar-refractivity contribution >= 4 is 17.6 Å². The van der Waals surface area contributed by atoms with Crippen LogP contribution in [0.15, 0.2) is 18.2 Å². The number of amides is 3. The molecule has 132 valence electrons. The van der Waals surface area contributed by atoms with Crippen LogP contribution < -0.4 is 11.1 Å². The lowest BCUT2D eigenvalue weighted by atomic mass is 10.1. The Kier molecular flexibility index (Phi) is 4.61. The molecule has 0 unspecified atom stereocenters. The van der Waals surface area contributed by atoms with Crippen molar-refractivity contribution in [3.63, 3.8) is 0 Å². The Morgan fingerprint density at radius 3 is 2.88 bits per heavy atom. The summed E-state index contributed by atoms with van der Waals surface area (Å²) in [6.45, 7) is 2.67. The van der Waals surface area contributed by atoms with Gasteiger partial charge in [-0.05, 0) is 23.8 Å². The number of tetrazole rings is 1. The smallest absolute Gasteiger partial charge is 0.322 e. The fourth-order valence-electron chi connectivity index (χ4n) is 2.50. The first kappa shape index (κ1) is 16.8. The summed E-state index contributed by atoms with van der Waals surface area (Å²) < 4.78 is 5.25. The summed E-state index contributed by atoms with van der Waals surface area (Å²) in [5, 5.41) is 14.8. The first-order valence-electron chi connectivity index (χ1n) is 7.76. The molecule has 3 amide bonds. The highest BCUT2D eigenvalue weighted by Crippen LogP contribution is 2.23. The van der Waals surface area contributed by atoms with Gasteiger partial charge >= 0.3 is 6.03 Å². The maximum absolute atomic E-state index is 12.5. The SMILES string of the molecule is Cc1ccc(-c2nnn(C)n2)cc1NC(=O)N1CCO[C@@H](C(N)=O)C1. The molecule has 3 rings (SSSR count). The number of nitrogens with one attached hydrogen (secondary N) is 1. The van der Waals surface area contributed by atoms with Gasteiger partial charge in [-0.3, -0.25) is 4.79 Å². The van der Waals surface area contributed by atoms with Gasteiger partial charge in [-0.2, -0.15) is 4.80 Å². The van der Waals surface area contributed by atoms with E-state index in [1.165, 1.54) is 9.70 Å². The number of urea groups is 1. The first-order valence-corrected chi connectivity index (χ1v) is 7.76. The third-order valence-corrected chi connectivity index (χ3v) is 3.92. The fraction of sp³-hybridized carbons (Fsp3) is 0.400. The minimum absolute atomic E-state index is 0.131. The maximum Gasteiger partial charge on any atom is 0.322 e. The second kappa shape index (κ2) is 6.85. The normalized spacial score (nSPS) is 17.4. The standard InChI is InChI=1S/C15H19N7O3/c1-9-3-4-10(14-18-20-21(2)19-14)7-11(9)17-15(24)22-5-6-25-12(8-22)13(16)23/h3-4,7,12H,5-6,8H2,1-2H3,(H2,16,23)(H,17,24)/t12-/m1/s1. The van der Waals surface area contributed by atoms with Crippen LogP contribution in [0, 0.1) is 6.92 Å². The Morgan fingerprint density at radius 1 is 1.40 bits per heavy atom. The summed E-state index contributed by atoms with van der Waals surface area (Å²) >= 11 is 0. The number of hydrogen-bond acceptors (Lipinski definition) is 6. The summed E-state index contributed by atoms with van der Waals surface area (Å²) in [5.41, 5.74) is 7.52. The highest BCUT2D eigenvalue weighted by atomic mass is 16.5. The molecule has 1 aromatic heterocycles. The van der Waals surface area contributed by atoms with E-state index in [4.69, 9.17) is 10.5 Å². The number of rotatable bonds is 3. The van der Waals surface area contributed by atoms with Crippen molar-refractivity contribution in [2.24, 2.45) is 12.8 Å². The molecule has 0 radical (unpaired) electrons. The molecule has 1 aliphatic heterocycles. The summed E-state index contributed by atoms with van der Waals surface area (Å²) in [6.07, 6.45) is -0.782. The van der Waals surface area contributed by atoms with Crippen LogP contribution in [0.4, 0.5) is 10.5 Å². The molecule has 0 spiro atoms. The average molecular weight is 345 g/mol. The molecule has 10 heteroatoms. The van der Waals surface area contributed by atoms with E-state index in [9.17, 15) is 9.59 Å². The Labute approximate surface area is 143 Å². The van der Waals surface area contributed by atoms with E-state index in [1.807, 2.05) is 19.1 Å². The number of carbonyl (C=O) groups excluding carboxylic acids is 2. The fourth-order valence-corrected chi connectivity index (χ4v) is 2.50. The third-order valence-electron chi connectivity index (χ3n) is 3.92. The largest absolute Gasteiger partial charge is 0.367 e. The molecule has 0 bridgehead atoms. The number of ether oxygens (including phenoxy) is 1. The Hall–Kier alpha value is -3.01.